The van der Waals surface area contributed by atoms with Crippen molar-refractivity contribution in [2.45, 2.75) is 6.92 Å². The number of methoxy groups -OCH3 is 1. The van der Waals surface area contributed by atoms with E-state index in [1.807, 2.05) is 11.4 Å². The maximum Gasteiger partial charge on any atom is 0.240 e. The lowest BCUT2D eigenvalue weighted by atomic mass is 10.3. The second kappa shape index (κ2) is 5.94. The van der Waals surface area contributed by atoms with Gasteiger partial charge in [-0.2, -0.15) is 4.98 Å². The van der Waals surface area contributed by atoms with Gasteiger partial charge in [0.05, 0.1) is 12.0 Å². The molecule has 7 heteroatoms. The molecule has 18 heavy (non-hydrogen) atoms. The zero-order valence-electron chi connectivity index (χ0n) is 10.5. The van der Waals surface area contributed by atoms with Crippen LogP contribution in [0.2, 0.25) is 0 Å². The van der Waals surface area contributed by atoms with Crippen molar-refractivity contribution in [2.75, 3.05) is 37.1 Å². The van der Waals surface area contributed by atoms with Crippen LogP contribution in [0.5, 0.6) is 0 Å². The van der Waals surface area contributed by atoms with Crippen LogP contribution in [0, 0.1) is 0 Å². The molecule has 6 nitrogen and oxygen atoms in total. The van der Waals surface area contributed by atoms with Crippen LogP contribution in [0.1, 0.15) is 6.92 Å². The van der Waals surface area contributed by atoms with Crippen molar-refractivity contribution in [3.63, 3.8) is 0 Å². The number of rotatable bonds is 6. The molecule has 0 aliphatic heterocycles. The molecule has 0 fully saturated rings. The van der Waals surface area contributed by atoms with Crippen molar-refractivity contribution in [1.82, 2.24) is 9.97 Å². The minimum atomic E-state index is 0.441. The fourth-order valence-corrected chi connectivity index (χ4v) is 2.52. The Bertz CT molecular complexity index is 515. The third-order valence-corrected chi connectivity index (χ3v) is 3.49. The molecule has 0 aliphatic carbocycles. The molecule has 2 aromatic heterocycles. The van der Waals surface area contributed by atoms with Crippen LogP contribution in [0.25, 0.3) is 10.2 Å². The van der Waals surface area contributed by atoms with Crippen LogP contribution in [0.15, 0.2) is 11.4 Å². The lowest BCUT2D eigenvalue weighted by Gasteiger charge is -2.22. The Labute approximate surface area is 110 Å². The minimum absolute atomic E-state index is 0.441. The second-order valence-electron chi connectivity index (χ2n) is 3.73. The van der Waals surface area contributed by atoms with Gasteiger partial charge < -0.3 is 9.64 Å². The van der Waals surface area contributed by atoms with Gasteiger partial charge in [0.25, 0.3) is 0 Å². The second-order valence-corrected chi connectivity index (χ2v) is 4.62. The van der Waals surface area contributed by atoms with Crippen LogP contribution in [-0.2, 0) is 4.74 Å². The predicted molar refractivity (Wildman–Crippen MR) is 75.0 cm³/mol. The van der Waals surface area contributed by atoms with E-state index < -0.39 is 0 Å². The first-order valence-electron chi connectivity index (χ1n) is 5.76. The number of ether oxygens (including phenoxy) is 1. The molecule has 0 unspecified atom stereocenters. The summed E-state index contributed by atoms with van der Waals surface area (Å²) in [6.45, 7) is 4.40. The summed E-state index contributed by atoms with van der Waals surface area (Å²) in [5.41, 5.74) is 2.51. The highest BCUT2D eigenvalue weighted by molar-refractivity contribution is 7.16. The molecular formula is C11H17N5OS. The molecule has 0 radical (unpaired) electrons. The van der Waals surface area contributed by atoms with Gasteiger partial charge in [0.2, 0.25) is 5.95 Å². The number of fused-ring (bicyclic) bond motifs is 1. The third kappa shape index (κ3) is 2.53. The molecule has 2 heterocycles. The monoisotopic (exact) mass is 267 g/mol. The summed E-state index contributed by atoms with van der Waals surface area (Å²) in [6, 6.07) is 2.03. The van der Waals surface area contributed by atoms with Crippen LogP contribution < -0.4 is 16.2 Å². The van der Waals surface area contributed by atoms with Crippen LogP contribution in [-0.4, -0.2) is 36.8 Å². The number of hydrazine groups is 1. The molecular weight excluding hydrogens is 250 g/mol. The van der Waals surface area contributed by atoms with E-state index in [4.69, 9.17) is 10.6 Å². The molecule has 0 bridgehead atoms. The number of thiophene rings is 1. The van der Waals surface area contributed by atoms with Gasteiger partial charge in [0.15, 0.2) is 0 Å². The van der Waals surface area contributed by atoms with Crippen molar-refractivity contribution < 1.29 is 4.74 Å². The Hall–Kier alpha value is -1.44. The number of likely N-dealkylation sites (N-methyl/N-ethyl adjacent to an activating group) is 1. The van der Waals surface area contributed by atoms with E-state index in [1.165, 1.54) is 0 Å². The van der Waals surface area contributed by atoms with Gasteiger partial charge in [-0.05, 0) is 18.4 Å². The van der Waals surface area contributed by atoms with Gasteiger partial charge in [-0.25, -0.2) is 10.8 Å². The Morgan fingerprint density at radius 3 is 3.00 bits per heavy atom. The SMILES string of the molecule is CCN(CCOC)c1nc(NN)nc2sccc12. The summed E-state index contributed by atoms with van der Waals surface area (Å²) in [5.74, 6) is 6.74. The molecule has 2 rings (SSSR count). The molecule has 0 amide bonds. The summed E-state index contributed by atoms with van der Waals surface area (Å²) in [5, 5.41) is 3.06. The third-order valence-electron chi connectivity index (χ3n) is 2.68. The predicted octanol–water partition coefficient (Wildman–Crippen LogP) is 1.45. The maximum absolute atomic E-state index is 5.41. The molecule has 0 atom stereocenters. The van der Waals surface area contributed by atoms with Crippen molar-refractivity contribution in [2.24, 2.45) is 5.84 Å². The molecule has 0 saturated carbocycles. The molecule has 0 aromatic carbocycles. The lowest BCUT2D eigenvalue weighted by molar-refractivity contribution is 0.205. The number of nitrogens with one attached hydrogen (secondary N) is 1. The highest BCUT2D eigenvalue weighted by atomic mass is 32.1. The van der Waals surface area contributed by atoms with Gasteiger partial charge in [-0.1, -0.05) is 0 Å². The first-order chi connectivity index (χ1) is 8.80. The van der Waals surface area contributed by atoms with Crippen molar-refractivity contribution in [3.05, 3.63) is 11.4 Å². The fourth-order valence-electron chi connectivity index (χ4n) is 1.76. The van der Waals surface area contributed by atoms with Crippen LogP contribution in [0.3, 0.4) is 0 Å². The summed E-state index contributed by atoms with van der Waals surface area (Å²) in [7, 11) is 1.70. The van der Waals surface area contributed by atoms with Gasteiger partial charge in [0.1, 0.15) is 10.6 Å². The summed E-state index contributed by atoms with van der Waals surface area (Å²) < 4.78 is 5.12. The zero-order chi connectivity index (χ0) is 13.0. The average molecular weight is 267 g/mol. The molecule has 0 saturated heterocycles. The van der Waals surface area contributed by atoms with Gasteiger partial charge in [0, 0.05) is 20.2 Å². The molecule has 98 valence electrons. The summed E-state index contributed by atoms with van der Waals surface area (Å²) in [6.07, 6.45) is 0. The number of nitrogens with zero attached hydrogens (tertiary/aromatic N) is 3. The van der Waals surface area contributed by atoms with Crippen molar-refractivity contribution in [3.8, 4) is 0 Å². The average Bonchev–Trinajstić information content (AvgIpc) is 2.87. The van der Waals surface area contributed by atoms with Crippen LogP contribution in [0.4, 0.5) is 11.8 Å². The number of hydrogen-bond donors (Lipinski definition) is 2. The number of nitrogens with two attached hydrogens (primary N) is 1. The van der Waals surface area contributed by atoms with E-state index in [2.05, 4.69) is 27.2 Å². The van der Waals surface area contributed by atoms with Gasteiger partial charge in [-0.3, -0.25) is 5.43 Å². The number of aromatic nitrogens is 2. The minimum Gasteiger partial charge on any atom is -0.383 e. The van der Waals surface area contributed by atoms with Crippen LogP contribution >= 0.6 is 11.3 Å². The smallest absolute Gasteiger partial charge is 0.240 e. The highest BCUT2D eigenvalue weighted by Crippen LogP contribution is 2.28. The highest BCUT2D eigenvalue weighted by Gasteiger charge is 2.13. The fraction of sp³-hybridized carbons (Fsp3) is 0.455. The first-order valence-corrected chi connectivity index (χ1v) is 6.63. The number of anilines is 2. The number of hydrogen-bond acceptors (Lipinski definition) is 7. The van der Waals surface area contributed by atoms with Gasteiger partial charge >= 0.3 is 0 Å². The van der Waals surface area contributed by atoms with E-state index in [9.17, 15) is 0 Å². The standard InChI is InChI=1S/C11H17N5OS/c1-3-16(5-6-17-2)9-8-4-7-18-10(8)14-11(13-9)15-12/h4,7H,3,5-6,12H2,1-2H3,(H,13,14,15). The lowest BCUT2D eigenvalue weighted by Crippen LogP contribution is -2.28. The Morgan fingerprint density at radius 1 is 1.50 bits per heavy atom. The molecule has 2 aromatic rings. The van der Waals surface area contributed by atoms with E-state index in [0.29, 0.717) is 12.6 Å². The first kappa shape index (κ1) is 13.0. The molecule has 0 spiro atoms. The van der Waals surface area contributed by atoms with Gasteiger partial charge in [-0.15, -0.1) is 11.3 Å². The Morgan fingerprint density at radius 2 is 2.33 bits per heavy atom. The van der Waals surface area contributed by atoms with Crippen molar-refractivity contribution >= 4 is 33.3 Å². The normalized spacial score (nSPS) is 10.8. The maximum atomic E-state index is 5.41. The summed E-state index contributed by atoms with van der Waals surface area (Å²) >= 11 is 1.58. The van der Waals surface area contributed by atoms with E-state index in [1.54, 1.807) is 18.4 Å². The largest absolute Gasteiger partial charge is 0.383 e. The Balaban J connectivity index is 2.42. The number of nitrogen functional groups attached to an aromatic ring is 1. The zero-order valence-corrected chi connectivity index (χ0v) is 11.3. The Kier molecular flexibility index (Phi) is 4.29. The molecule has 0 aliphatic rings. The quantitative estimate of drug-likeness (QED) is 0.609. The van der Waals surface area contributed by atoms with E-state index in [-0.39, 0.29) is 0 Å². The van der Waals surface area contributed by atoms with Crippen molar-refractivity contribution in [1.29, 1.82) is 0 Å². The van der Waals surface area contributed by atoms with E-state index in [0.717, 1.165) is 29.1 Å². The summed E-state index contributed by atoms with van der Waals surface area (Å²) in [4.78, 5) is 11.9. The molecule has 3 N–H and O–H groups in total. The topological polar surface area (TPSA) is 76.3 Å². The van der Waals surface area contributed by atoms with E-state index >= 15 is 0 Å².